The molecule has 1 N–H and O–H groups in total. The Bertz CT molecular complexity index is 1030. The summed E-state index contributed by atoms with van der Waals surface area (Å²) < 4.78 is 12.2. The summed E-state index contributed by atoms with van der Waals surface area (Å²) in [5.41, 5.74) is 1.86. The predicted octanol–water partition coefficient (Wildman–Crippen LogP) is 4.10. The number of carbonyl (C=O) groups excluding carboxylic acids is 1. The zero-order valence-electron chi connectivity index (χ0n) is 16.2. The molecule has 1 heterocycles. The quantitative estimate of drug-likeness (QED) is 0.490. The molecule has 0 aromatic heterocycles. The van der Waals surface area contributed by atoms with Gasteiger partial charge in [-0.05, 0) is 43.2 Å². The van der Waals surface area contributed by atoms with Gasteiger partial charge in [0.2, 0.25) is 0 Å². The normalized spacial score (nSPS) is 15.8. The Labute approximate surface area is 183 Å². The van der Waals surface area contributed by atoms with Gasteiger partial charge in [0.25, 0.3) is 5.91 Å². The highest BCUT2D eigenvalue weighted by atomic mass is 79.9. The maximum atomic E-state index is 12.4. The van der Waals surface area contributed by atoms with Crippen LogP contribution in [0.1, 0.15) is 29.5 Å². The molecule has 1 saturated heterocycles. The Morgan fingerprint density at radius 2 is 2.13 bits per heavy atom. The third-order valence-corrected chi connectivity index (χ3v) is 5.17. The first-order valence-electron chi connectivity index (χ1n) is 9.52. The van der Waals surface area contributed by atoms with E-state index in [0.717, 1.165) is 22.9 Å². The van der Waals surface area contributed by atoms with Gasteiger partial charge in [0.05, 0.1) is 17.7 Å². The number of nitriles is 2. The summed E-state index contributed by atoms with van der Waals surface area (Å²) in [6, 6.07) is 16.6. The Balaban J connectivity index is 1.76. The molecule has 0 saturated carbocycles. The number of hydrogen-bond acceptors (Lipinski definition) is 5. The molecule has 1 atom stereocenters. The van der Waals surface area contributed by atoms with Crippen LogP contribution in [0.3, 0.4) is 0 Å². The Hall–Kier alpha value is -3.13. The fraction of sp³-hybridized carbons (Fsp3) is 0.261. The average Bonchev–Trinajstić information content (AvgIpc) is 3.29. The molecular weight excluding hydrogens is 446 g/mol. The summed E-state index contributed by atoms with van der Waals surface area (Å²) in [7, 11) is 0. The van der Waals surface area contributed by atoms with E-state index >= 15 is 0 Å². The van der Waals surface area contributed by atoms with Crippen LogP contribution >= 0.6 is 15.9 Å². The highest BCUT2D eigenvalue weighted by Gasteiger charge is 2.18. The van der Waals surface area contributed by atoms with Crippen molar-refractivity contribution in [3.63, 3.8) is 0 Å². The first kappa shape index (κ1) is 21.6. The Morgan fingerprint density at radius 3 is 2.87 bits per heavy atom. The molecule has 0 aliphatic carbocycles. The van der Waals surface area contributed by atoms with Crippen LogP contribution in [0.2, 0.25) is 0 Å². The van der Waals surface area contributed by atoms with Crippen LogP contribution in [-0.2, 0) is 16.1 Å². The average molecular weight is 466 g/mol. The summed E-state index contributed by atoms with van der Waals surface area (Å²) in [5, 5.41) is 21.5. The van der Waals surface area contributed by atoms with Gasteiger partial charge >= 0.3 is 0 Å². The van der Waals surface area contributed by atoms with Crippen molar-refractivity contribution in [1.29, 1.82) is 10.5 Å². The molecule has 1 aliphatic heterocycles. The summed E-state index contributed by atoms with van der Waals surface area (Å²) in [4.78, 5) is 12.4. The molecule has 2 aromatic rings. The van der Waals surface area contributed by atoms with Crippen LogP contribution in [0.4, 0.5) is 0 Å². The van der Waals surface area contributed by atoms with E-state index in [4.69, 9.17) is 9.47 Å². The van der Waals surface area contributed by atoms with Crippen molar-refractivity contribution in [2.75, 3.05) is 13.2 Å². The van der Waals surface area contributed by atoms with Crippen LogP contribution in [-0.4, -0.2) is 25.2 Å². The highest BCUT2D eigenvalue weighted by Crippen LogP contribution is 2.27. The minimum Gasteiger partial charge on any atom is -0.488 e. The van der Waals surface area contributed by atoms with Crippen LogP contribution in [0.5, 0.6) is 5.75 Å². The molecular formula is C23H20BrN3O3. The van der Waals surface area contributed by atoms with E-state index in [0.29, 0.717) is 30.0 Å². The monoisotopic (exact) mass is 465 g/mol. The first-order valence-corrected chi connectivity index (χ1v) is 10.3. The SMILES string of the molecule is N#C/C(=C\c1cc(Br)ccc1OCc1ccccc1C#N)C(=O)NCC1CCCO1. The van der Waals surface area contributed by atoms with Crippen molar-refractivity contribution in [1.82, 2.24) is 5.32 Å². The first-order chi connectivity index (χ1) is 14.6. The highest BCUT2D eigenvalue weighted by molar-refractivity contribution is 9.10. The second-order valence-electron chi connectivity index (χ2n) is 6.75. The molecule has 0 radical (unpaired) electrons. The van der Waals surface area contributed by atoms with Crippen LogP contribution < -0.4 is 10.1 Å². The number of rotatable bonds is 7. The maximum Gasteiger partial charge on any atom is 0.262 e. The molecule has 7 heteroatoms. The zero-order chi connectivity index (χ0) is 21.3. The van der Waals surface area contributed by atoms with Gasteiger partial charge in [-0.15, -0.1) is 0 Å². The molecule has 3 rings (SSSR count). The van der Waals surface area contributed by atoms with Gasteiger partial charge in [-0.1, -0.05) is 34.1 Å². The van der Waals surface area contributed by atoms with Gasteiger partial charge in [-0.2, -0.15) is 10.5 Å². The van der Waals surface area contributed by atoms with Crippen molar-refractivity contribution in [2.24, 2.45) is 0 Å². The van der Waals surface area contributed by atoms with E-state index in [-0.39, 0.29) is 18.3 Å². The topological polar surface area (TPSA) is 95.1 Å². The van der Waals surface area contributed by atoms with Crippen LogP contribution in [0.15, 0.2) is 52.5 Å². The molecule has 6 nitrogen and oxygen atoms in total. The van der Waals surface area contributed by atoms with Crippen molar-refractivity contribution >= 4 is 27.9 Å². The predicted molar refractivity (Wildman–Crippen MR) is 115 cm³/mol. The van der Waals surface area contributed by atoms with E-state index < -0.39 is 5.91 Å². The third-order valence-electron chi connectivity index (χ3n) is 4.67. The minimum atomic E-state index is -0.450. The van der Waals surface area contributed by atoms with Gasteiger partial charge in [0.1, 0.15) is 24.0 Å². The third kappa shape index (κ3) is 5.70. The number of hydrogen-bond donors (Lipinski definition) is 1. The van der Waals surface area contributed by atoms with Crippen molar-refractivity contribution < 1.29 is 14.3 Å². The number of nitrogens with zero attached hydrogens (tertiary/aromatic N) is 2. The minimum absolute atomic E-state index is 0.00106. The fourth-order valence-electron chi connectivity index (χ4n) is 3.09. The molecule has 1 amide bonds. The molecule has 1 aliphatic rings. The molecule has 1 unspecified atom stereocenters. The van der Waals surface area contributed by atoms with E-state index in [1.165, 1.54) is 6.08 Å². The van der Waals surface area contributed by atoms with Gasteiger partial charge < -0.3 is 14.8 Å². The summed E-state index contributed by atoms with van der Waals surface area (Å²) in [6.07, 6.45) is 3.38. The van der Waals surface area contributed by atoms with Gasteiger partial charge in [0, 0.05) is 28.8 Å². The van der Waals surface area contributed by atoms with Crippen LogP contribution in [0.25, 0.3) is 6.08 Å². The zero-order valence-corrected chi connectivity index (χ0v) is 17.8. The second-order valence-corrected chi connectivity index (χ2v) is 7.67. The number of halogens is 1. The summed E-state index contributed by atoms with van der Waals surface area (Å²) in [5.74, 6) is 0.0550. The van der Waals surface area contributed by atoms with E-state index in [9.17, 15) is 15.3 Å². The Kier molecular flexibility index (Phi) is 7.62. The molecule has 30 heavy (non-hydrogen) atoms. The van der Waals surface area contributed by atoms with Crippen molar-refractivity contribution in [3.8, 4) is 17.9 Å². The fourth-order valence-corrected chi connectivity index (χ4v) is 3.46. The lowest BCUT2D eigenvalue weighted by Crippen LogP contribution is -2.32. The second kappa shape index (κ2) is 10.6. The number of carbonyl (C=O) groups is 1. The number of amides is 1. The van der Waals surface area contributed by atoms with E-state index in [2.05, 4.69) is 27.3 Å². The number of ether oxygens (including phenoxy) is 2. The van der Waals surface area contributed by atoms with Crippen molar-refractivity contribution in [2.45, 2.75) is 25.6 Å². The smallest absolute Gasteiger partial charge is 0.262 e. The lowest BCUT2D eigenvalue weighted by molar-refractivity contribution is -0.117. The molecule has 1 fully saturated rings. The molecule has 0 spiro atoms. The maximum absolute atomic E-state index is 12.4. The Morgan fingerprint density at radius 1 is 1.30 bits per heavy atom. The van der Waals surface area contributed by atoms with Gasteiger partial charge in [-0.25, -0.2) is 0 Å². The van der Waals surface area contributed by atoms with Crippen LogP contribution in [0, 0.1) is 22.7 Å². The van der Waals surface area contributed by atoms with Gasteiger partial charge in [0.15, 0.2) is 0 Å². The van der Waals surface area contributed by atoms with Crippen molar-refractivity contribution in [3.05, 3.63) is 69.2 Å². The lowest BCUT2D eigenvalue weighted by atomic mass is 10.1. The standard InChI is InChI=1S/C23H20BrN3O3/c24-20-7-8-22(30-15-17-5-2-1-4-16(17)12-25)18(11-20)10-19(13-26)23(28)27-14-21-6-3-9-29-21/h1-2,4-5,7-8,10-11,21H,3,6,9,14-15H2,(H,27,28)/b19-10+. The molecule has 152 valence electrons. The molecule has 2 aromatic carbocycles. The number of benzene rings is 2. The van der Waals surface area contributed by atoms with E-state index in [1.54, 1.807) is 24.3 Å². The number of nitrogens with one attached hydrogen (secondary N) is 1. The largest absolute Gasteiger partial charge is 0.488 e. The summed E-state index contributed by atoms with van der Waals surface area (Å²) >= 11 is 3.41. The van der Waals surface area contributed by atoms with Gasteiger partial charge in [-0.3, -0.25) is 4.79 Å². The molecule has 0 bridgehead atoms. The van der Waals surface area contributed by atoms with E-state index in [1.807, 2.05) is 24.3 Å². The summed E-state index contributed by atoms with van der Waals surface area (Å²) in [6.45, 7) is 1.28. The lowest BCUT2D eigenvalue weighted by Gasteiger charge is -2.12.